The average molecular weight is 258 g/mol. The van der Waals surface area contributed by atoms with E-state index in [9.17, 15) is 9.90 Å². The Labute approximate surface area is 111 Å². The highest BCUT2D eigenvalue weighted by molar-refractivity contribution is 5.57. The molecule has 0 saturated heterocycles. The molecule has 0 saturated carbocycles. The SMILES string of the molecule is Cc1ccc(COc2cccc(O)c2OC=O)cc1. The third kappa shape index (κ3) is 3.25. The number of aromatic hydroxyl groups is 1. The average Bonchev–Trinajstić information content (AvgIpc) is 2.41. The van der Waals surface area contributed by atoms with Crippen LogP contribution in [0.25, 0.3) is 0 Å². The lowest BCUT2D eigenvalue weighted by molar-refractivity contribution is -0.120. The first-order chi connectivity index (χ1) is 9.20. The van der Waals surface area contributed by atoms with Gasteiger partial charge in [0.1, 0.15) is 6.61 Å². The molecule has 0 atom stereocenters. The zero-order valence-corrected chi connectivity index (χ0v) is 10.5. The molecular formula is C15H14O4. The predicted octanol–water partition coefficient (Wildman–Crippen LogP) is 2.81. The number of hydrogen-bond acceptors (Lipinski definition) is 4. The monoisotopic (exact) mass is 258 g/mol. The number of aryl methyl sites for hydroxylation is 1. The molecule has 2 aromatic rings. The number of phenolic OH excluding ortho intramolecular Hbond substituents is 1. The van der Waals surface area contributed by atoms with Gasteiger partial charge in [0.05, 0.1) is 0 Å². The zero-order valence-electron chi connectivity index (χ0n) is 10.5. The van der Waals surface area contributed by atoms with Crippen LogP contribution in [0.3, 0.4) is 0 Å². The van der Waals surface area contributed by atoms with Crippen molar-refractivity contribution in [1.29, 1.82) is 0 Å². The molecule has 0 amide bonds. The Morgan fingerprint density at radius 2 is 1.89 bits per heavy atom. The summed E-state index contributed by atoms with van der Waals surface area (Å²) in [5.41, 5.74) is 2.16. The summed E-state index contributed by atoms with van der Waals surface area (Å²) in [4.78, 5) is 10.4. The normalized spacial score (nSPS) is 9.95. The summed E-state index contributed by atoms with van der Waals surface area (Å²) in [6, 6.07) is 12.6. The Morgan fingerprint density at radius 3 is 2.58 bits per heavy atom. The molecule has 0 aliphatic heterocycles. The molecule has 0 bridgehead atoms. The van der Waals surface area contributed by atoms with Gasteiger partial charge in [-0.15, -0.1) is 0 Å². The summed E-state index contributed by atoms with van der Waals surface area (Å²) in [6.07, 6.45) is 0. The van der Waals surface area contributed by atoms with Crippen LogP contribution in [0.4, 0.5) is 0 Å². The van der Waals surface area contributed by atoms with Crippen LogP contribution in [0.1, 0.15) is 11.1 Å². The molecule has 1 N–H and O–H groups in total. The van der Waals surface area contributed by atoms with E-state index in [1.54, 1.807) is 12.1 Å². The van der Waals surface area contributed by atoms with Gasteiger partial charge in [-0.3, -0.25) is 4.79 Å². The van der Waals surface area contributed by atoms with Crippen molar-refractivity contribution < 1.29 is 19.4 Å². The second kappa shape index (κ2) is 5.91. The number of rotatable bonds is 5. The van der Waals surface area contributed by atoms with Crippen molar-refractivity contribution in [1.82, 2.24) is 0 Å². The van der Waals surface area contributed by atoms with Gasteiger partial charge in [-0.2, -0.15) is 0 Å². The van der Waals surface area contributed by atoms with Crippen LogP contribution in [-0.4, -0.2) is 11.6 Å². The molecule has 0 radical (unpaired) electrons. The molecule has 0 fully saturated rings. The van der Waals surface area contributed by atoms with Crippen molar-refractivity contribution in [2.75, 3.05) is 0 Å². The fraction of sp³-hybridized carbons (Fsp3) is 0.133. The molecule has 2 rings (SSSR count). The molecule has 0 spiro atoms. The van der Waals surface area contributed by atoms with Crippen molar-refractivity contribution in [2.45, 2.75) is 13.5 Å². The number of benzene rings is 2. The van der Waals surface area contributed by atoms with E-state index in [1.165, 1.54) is 11.6 Å². The minimum absolute atomic E-state index is 0.0320. The largest absolute Gasteiger partial charge is 0.504 e. The maximum atomic E-state index is 10.4. The minimum Gasteiger partial charge on any atom is -0.504 e. The van der Waals surface area contributed by atoms with E-state index < -0.39 is 0 Å². The van der Waals surface area contributed by atoms with Crippen LogP contribution < -0.4 is 9.47 Å². The maximum absolute atomic E-state index is 10.4. The van der Waals surface area contributed by atoms with E-state index in [0.29, 0.717) is 12.4 Å². The molecule has 4 nitrogen and oxygen atoms in total. The van der Waals surface area contributed by atoms with Crippen molar-refractivity contribution in [3.63, 3.8) is 0 Å². The van der Waals surface area contributed by atoms with Gasteiger partial charge in [0.2, 0.25) is 5.75 Å². The molecule has 98 valence electrons. The predicted molar refractivity (Wildman–Crippen MR) is 70.3 cm³/mol. The number of ether oxygens (including phenoxy) is 2. The molecule has 4 heteroatoms. The fourth-order valence-electron chi connectivity index (χ4n) is 1.63. The Balaban J connectivity index is 2.12. The van der Waals surface area contributed by atoms with Gasteiger partial charge >= 0.3 is 0 Å². The standard InChI is InChI=1S/C15H14O4/c1-11-5-7-12(8-6-11)9-18-14-4-2-3-13(17)15(14)19-10-16/h2-8,10,17H,9H2,1H3. The van der Waals surface area contributed by atoms with Crippen LogP contribution in [0.15, 0.2) is 42.5 Å². The van der Waals surface area contributed by atoms with Gasteiger partial charge in [-0.25, -0.2) is 0 Å². The second-order valence-electron chi connectivity index (χ2n) is 4.09. The van der Waals surface area contributed by atoms with Gasteiger partial charge in [0, 0.05) is 0 Å². The lowest BCUT2D eigenvalue weighted by atomic mass is 10.2. The first-order valence-corrected chi connectivity index (χ1v) is 5.81. The smallest absolute Gasteiger partial charge is 0.298 e. The molecule has 0 aliphatic carbocycles. The third-order valence-corrected chi connectivity index (χ3v) is 2.64. The summed E-state index contributed by atoms with van der Waals surface area (Å²) < 4.78 is 10.3. The van der Waals surface area contributed by atoms with Crippen molar-refractivity contribution in [2.24, 2.45) is 0 Å². The lowest BCUT2D eigenvalue weighted by Gasteiger charge is -2.11. The highest BCUT2D eigenvalue weighted by Gasteiger charge is 2.10. The van der Waals surface area contributed by atoms with Crippen LogP contribution in [0, 0.1) is 6.92 Å². The number of para-hydroxylation sites is 1. The number of phenols is 1. The molecule has 19 heavy (non-hydrogen) atoms. The Kier molecular flexibility index (Phi) is 4.03. The van der Waals surface area contributed by atoms with Crippen LogP contribution in [-0.2, 0) is 11.4 Å². The highest BCUT2D eigenvalue weighted by atomic mass is 16.5. The van der Waals surface area contributed by atoms with Crippen molar-refractivity contribution in [3.05, 3.63) is 53.6 Å². The molecule has 2 aromatic carbocycles. The van der Waals surface area contributed by atoms with Crippen LogP contribution >= 0.6 is 0 Å². The van der Waals surface area contributed by atoms with E-state index in [0.717, 1.165) is 5.56 Å². The number of carbonyl (C=O) groups excluding carboxylic acids is 1. The van der Waals surface area contributed by atoms with Gasteiger partial charge in [0.25, 0.3) is 6.47 Å². The summed E-state index contributed by atoms with van der Waals surface area (Å²) in [5.74, 6) is 0.228. The zero-order chi connectivity index (χ0) is 13.7. The number of hydrogen-bond donors (Lipinski definition) is 1. The van der Waals surface area contributed by atoms with Gasteiger partial charge in [-0.1, -0.05) is 35.9 Å². The topological polar surface area (TPSA) is 55.8 Å². The molecular weight excluding hydrogens is 244 g/mol. The maximum Gasteiger partial charge on any atom is 0.298 e. The van der Waals surface area contributed by atoms with Crippen molar-refractivity contribution in [3.8, 4) is 17.2 Å². The van der Waals surface area contributed by atoms with E-state index in [1.807, 2.05) is 31.2 Å². The highest BCUT2D eigenvalue weighted by Crippen LogP contribution is 2.36. The Bertz CT molecular complexity index is 561. The minimum atomic E-state index is -0.131. The molecule has 0 heterocycles. The fourth-order valence-corrected chi connectivity index (χ4v) is 1.63. The Hall–Kier alpha value is -2.49. The number of carbonyl (C=O) groups is 1. The van der Waals surface area contributed by atoms with E-state index in [2.05, 4.69) is 0 Å². The van der Waals surface area contributed by atoms with E-state index in [-0.39, 0.29) is 18.0 Å². The van der Waals surface area contributed by atoms with E-state index >= 15 is 0 Å². The third-order valence-electron chi connectivity index (χ3n) is 2.64. The first-order valence-electron chi connectivity index (χ1n) is 5.81. The summed E-state index contributed by atoms with van der Waals surface area (Å²) in [5, 5.41) is 9.59. The first kappa shape index (κ1) is 13.0. The molecule has 0 unspecified atom stereocenters. The van der Waals surface area contributed by atoms with Gasteiger partial charge in [-0.05, 0) is 24.6 Å². The lowest BCUT2D eigenvalue weighted by Crippen LogP contribution is -1.99. The quantitative estimate of drug-likeness (QED) is 0.838. The molecule has 0 aromatic heterocycles. The van der Waals surface area contributed by atoms with Crippen LogP contribution in [0.2, 0.25) is 0 Å². The van der Waals surface area contributed by atoms with Gasteiger partial charge in [0.15, 0.2) is 11.5 Å². The molecule has 0 aliphatic rings. The Morgan fingerprint density at radius 1 is 1.16 bits per heavy atom. The van der Waals surface area contributed by atoms with E-state index in [4.69, 9.17) is 9.47 Å². The summed E-state index contributed by atoms with van der Waals surface area (Å²) in [6.45, 7) is 2.60. The van der Waals surface area contributed by atoms with Gasteiger partial charge < -0.3 is 14.6 Å². The summed E-state index contributed by atoms with van der Waals surface area (Å²) >= 11 is 0. The van der Waals surface area contributed by atoms with Crippen molar-refractivity contribution >= 4 is 6.47 Å². The second-order valence-corrected chi connectivity index (χ2v) is 4.09. The summed E-state index contributed by atoms with van der Waals surface area (Å²) in [7, 11) is 0. The van der Waals surface area contributed by atoms with Crippen LogP contribution in [0.5, 0.6) is 17.2 Å².